The first-order valence-electron chi connectivity index (χ1n) is 7.19. The Bertz CT molecular complexity index is 273. The molecule has 0 aromatic rings. The molecule has 0 bridgehead atoms. The van der Waals surface area contributed by atoms with Crippen LogP contribution in [0.2, 0.25) is 0 Å². The molecule has 0 radical (unpaired) electrons. The number of nitrogens with two attached hydrogens (primary N) is 1. The molecule has 1 fully saturated rings. The van der Waals surface area contributed by atoms with Crippen molar-refractivity contribution in [2.45, 2.75) is 58.3 Å². The molecule has 3 nitrogen and oxygen atoms in total. The highest BCUT2D eigenvalue weighted by Crippen LogP contribution is 2.25. The van der Waals surface area contributed by atoms with Crippen molar-refractivity contribution in [3.63, 3.8) is 0 Å². The van der Waals surface area contributed by atoms with E-state index in [1.54, 1.807) is 0 Å². The number of rotatable bonds is 6. The molecule has 0 spiro atoms. The third-order valence-electron chi connectivity index (χ3n) is 3.80. The molecule has 1 aliphatic carbocycles. The van der Waals surface area contributed by atoms with Crippen LogP contribution in [0.4, 0.5) is 0 Å². The lowest BCUT2D eigenvalue weighted by Gasteiger charge is -2.23. The lowest BCUT2D eigenvalue weighted by Crippen LogP contribution is -2.34. The van der Waals surface area contributed by atoms with Gasteiger partial charge in [0.2, 0.25) is 5.91 Å². The van der Waals surface area contributed by atoms with E-state index in [9.17, 15) is 4.79 Å². The fourth-order valence-electron chi connectivity index (χ4n) is 2.65. The van der Waals surface area contributed by atoms with Crippen molar-refractivity contribution in [1.82, 2.24) is 4.90 Å². The monoisotopic (exact) mass is 270 g/mol. The summed E-state index contributed by atoms with van der Waals surface area (Å²) < 4.78 is 0. The van der Waals surface area contributed by atoms with Crippen molar-refractivity contribution in [1.29, 1.82) is 0 Å². The fourth-order valence-corrected chi connectivity index (χ4v) is 2.74. The highest BCUT2D eigenvalue weighted by molar-refractivity contribution is 7.80. The predicted octanol–water partition coefficient (Wildman–Crippen LogP) is 2.87. The number of hydrogen-bond donors (Lipinski definition) is 1. The number of thiocarbonyl (C=S) groups is 1. The second-order valence-corrected chi connectivity index (χ2v) is 5.78. The first-order chi connectivity index (χ1) is 8.63. The van der Waals surface area contributed by atoms with Crippen molar-refractivity contribution in [2.24, 2.45) is 11.7 Å². The Balaban J connectivity index is 2.37. The van der Waals surface area contributed by atoms with Gasteiger partial charge < -0.3 is 10.6 Å². The van der Waals surface area contributed by atoms with Crippen LogP contribution in [0, 0.1) is 5.92 Å². The lowest BCUT2D eigenvalue weighted by atomic mass is 9.96. The Morgan fingerprint density at radius 2 is 1.89 bits per heavy atom. The minimum Gasteiger partial charge on any atom is -0.393 e. The highest BCUT2D eigenvalue weighted by atomic mass is 32.1. The molecule has 1 amide bonds. The Hall–Kier alpha value is -0.640. The maximum absolute atomic E-state index is 12.2. The number of amides is 1. The molecule has 1 rings (SSSR count). The summed E-state index contributed by atoms with van der Waals surface area (Å²) in [5.74, 6) is 0.875. The molecule has 2 N–H and O–H groups in total. The quantitative estimate of drug-likeness (QED) is 0.596. The highest BCUT2D eigenvalue weighted by Gasteiger charge is 2.19. The Kier molecular flexibility index (Phi) is 7.25. The zero-order valence-electron chi connectivity index (χ0n) is 11.5. The molecule has 0 unspecified atom stereocenters. The van der Waals surface area contributed by atoms with Gasteiger partial charge in [0, 0.05) is 25.9 Å². The Labute approximate surface area is 116 Å². The summed E-state index contributed by atoms with van der Waals surface area (Å²) in [7, 11) is 0. The minimum atomic E-state index is 0.278. The van der Waals surface area contributed by atoms with Crippen molar-refractivity contribution in [3.8, 4) is 0 Å². The third kappa shape index (κ3) is 5.80. The van der Waals surface area contributed by atoms with Crippen molar-refractivity contribution >= 4 is 23.1 Å². The fraction of sp³-hybridized carbons (Fsp3) is 0.857. The van der Waals surface area contributed by atoms with Gasteiger partial charge in [-0.1, -0.05) is 37.9 Å². The van der Waals surface area contributed by atoms with E-state index >= 15 is 0 Å². The maximum atomic E-state index is 12.2. The molecule has 0 aromatic carbocycles. The van der Waals surface area contributed by atoms with Gasteiger partial charge in [-0.25, -0.2) is 0 Å². The van der Waals surface area contributed by atoms with Gasteiger partial charge in [-0.15, -0.1) is 0 Å². The van der Waals surface area contributed by atoms with Crippen LogP contribution in [0.1, 0.15) is 58.3 Å². The predicted molar refractivity (Wildman–Crippen MR) is 79.5 cm³/mol. The first-order valence-corrected chi connectivity index (χ1v) is 7.60. The van der Waals surface area contributed by atoms with Gasteiger partial charge in [0.05, 0.1) is 4.99 Å². The van der Waals surface area contributed by atoms with Gasteiger partial charge in [-0.05, 0) is 25.7 Å². The SMILES string of the molecule is CCN(CCC(N)=S)C(=O)CC1CCCCCC1. The van der Waals surface area contributed by atoms with E-state index in [2.05, 4.69) is 0 Å². The van der Waals surface area contributed by atoms with Crippen molar-refractivity contribution in [2.75, 3.05) is 13.1 Å². The Morgan fingerprint density at radius 3 is 2.39 bits per heavy atom. The van der Waals surface area contributed by atoms with Gasteiger partial charge in [-0.2, -0.15) is 0 Å². The average molecular weight is 270 g/mol. The molecular weight excluding hydrogens is 244 g/mol. The average Bonchev–Trinajstić information content (AvgIpc) is 2.58. The van der Waals surface area contributed by atoms with Crippen LogP contribution >= 0.6 is 12.2 Å². The molecular formula is C14H26N2OS. The number of carbonyl (C=O) groups excluding carboxylic acids is 1. The second-order valence-electron chi connectivity index (χ2n) is 5.25. The molecule has 0 aromatic heterocycles. The van der Waals surface area contributed by atoms with E-state index in [-0.39, 0.29) is 5.91 Å². The summed E-state index contributed by atoms with van der Waals surface area (Å²) in [5, 5.41) is 0. The number of hydrogen-bond acceptors (Lipinski definition) is 2. The normalized spacial score (nSPS) is 17.2. The standard InChI is InChI=1S/C14H26N2OS/c1-2-16(10-9-13(15)18)14(17)11-12-7-5-3-4-6-8-12/h12H,2-11H2,1H3,(H2,15,18). The van der Waals surface area contributed by atoms with Gasteiger partial charge in [0.15, 0.2) is 0 Å². The zero-order chi connectivity index (χ0) is 13.4. The second kappa shape index (κ2) is 8.46. The molecule has 104 valence electrons. The van der Waals surface area contributed by atoms with E-state index in [1.807, 2.05) is 11.8 Å². The van der Waals surface area contributed by atoms with Crippen LogP contribution in [0.3, 0.4) is 0 Å². The van der Waals surface area contributed by atoms with E-state index in [1.165, 1.54) is 38.5 Å². The topological polar surface area (TPSA) is 46.3 Å². The van der Waals surface area contributed by atoms with Crippen LogP contribution in [0.15, 0.2) is 0 Å². The van der Waals surface area contributed by atoms with Gasteiger partial charge in [0.1, 0.15) is 0 Å². The Morgan fingerprint density at radius 1 is 1.28 bits per heavy atom. The smallest absolute Gasteiger partial charge is 0.222 e. The van der Waals surface area contributed by atoms with E-state index in [0.717, 1.165) is 6.54 Å². The van der Waals surface area contributed by atoms with Crippen molar-refractivity contribution in [3.05, 3.63) is 0 Å². The number of nitrogens with zero attached hydrogens (tertiary/aromatic N) is 1. The summed E-state index contributed by atoms with van der Waals surface area (Å²) in [5.41, 5.74) is 5.49. The van der Waals surface area contributed by atoms with E-state index in [4.69, 9.17) is 18.0 Å². The summed E-state index contributed by atoms with van der Waals surface area (Å²) in [6.07, 6.45) is 9.04. The first kappa shape index (κ1) is 15.4. The molecule has 0 saturated heterocycles. The molecule has 0 heterocycles. The maximum Gasteiger partial charge on any atom is 0.222 e. The largest absolute Gasteiger partial charge is 0.393 e. The molecule has 0 aliphatic heterocycles. The number of carbonyl (C=O) groups is 1. The summed E-state index contributed by atoms with van der Waals surface area (Å²) in [6, 6.07) is 0. The zero-order valence-corrected chi connectivity index (χ0v) is 12.3. The van der Waals surface area contributed by atoms with E-state index < -0.39 is 0 Å². The molecule has 18 heavy (non-hydrogen) atoms. The van der Waals surface area contributed by atoms with Gasteiger partial charge in [-0.3, -0.25) is 4.79 Å². The molecule has 4 heteroatoms. The molecule has 1 aliphatic rings. The summed E-state index contributed by atoms with van der Waals surface area (Å²) in [6.45, 7) is 3.45. The van der Waals surface area contributed by atoms with Crippen LogP contribution in [0.25, 0.3) is 0 Å². The van der Waals surface area contributed by atoms with Gasteiger partial charge in [0.25, 0.3) is 0 Å². The summed E-state index contributed by atoms with van der Waals surface area (Å²) >= 11 is 4.87. The lowest BCUT2D eigenvalue weighted by molar-refractivity contribution is -0.132. The third-order valence-corrected chi connectivity index (χ3v) is 4.00. The van der Waals surface area contributed by atoms with E-state index in [0.29, 0.717) is 30.3 Å². The van der Waals surface area contributed by atoms with Crippen LogP contribution in [0.5, 0.6) is 0 Å². The van der Waals surface area contributed by atoms with Crippen LogP contribution in [-0.2, 0) is 4.79 Å². The van der Waals surface area contributed by atoms with Crippen LogP contribution < -0.4 is 5.73 Å². The molecule has 1 saturated carbocycles. The summed E-state index contributed by atoms with van der Waals surface area (Å²) in [4.78, 5) is 14.6. The molecule has 0 atom stereocenters. The minimum absolute atomic E-state index is 0.278. The van der Waals surface area contributed by atoms with Crippen LogP contribution in [-0.4, -0.2) is 28.9 Å². The van der Waals surface area contributed by atoms with Crippen molar-refractivity contribution < 1.29 is 4.79 Å². The van der Waals surface area contributed by atoms with Gasteiger partial charge >= 0.3 is 0 Å².